The predicted octanol–water partition coefficient (Wildman–Crippen LogP) is 2.33. The van der Waals surface area contributed by atoms with Gasteiger partial charge in [0.25, 0.3) is 0 Å². The third-order valence-electron chi connectivity index (χ3n) is 6.48. The van der Waals surface area contributed by atoms with E-state index in [1.165, 1.54) is 88.1 Å². The van der Waals surface area contributed by atoms with Gasteiger partial charge >= 0.3 is 0 Å². The maximum absolute atomic E-state index is 5.22. The maximum atomic E-state index is 5.22. The summed E-state index contributed by atoms with van der Waals surface area (Å²) in [5.41, 5.74) is 0. The number of morpholine rings is 1. The largest absolute Gasteiger partial charge is 0.380 e. The minimum absolute atomic E-state index is 0.913. The molecule has 0 saturated carbocycles. The molecule has 5 rings (SSSR count). The number of rotatable bonds is 0. The van der Waals surface area contributed by atoms with Crippen LogP contribution in [0.5, 0.6) is 0 Å². The molecule has 0 unspecified atom stereocenters. The average Bonchev–Trinajstić information content (AvgIpc) is 3.22. The molecule has 5 aliphatic rings. The molecule has 0 aromatic heterocycles. The molecular formula is C26H57N5O2S2. The van der Waals surface area contributed by atoms with Crippen molar-refractivity contribution in [2.45, 2.75) is 19.3 Å². The van der Waals surface area contributed by atoms with E-state index >= 15 is 0 Å². The molecule has 0 aromatic carbocycles. The Bertz CT molecular complexity index is 397. The number of thioether (sulfide) groups is 2. The van der Waals surface area contributed by atoms with Gasteiger partial charge in [-0.15, -0.1) is 0 Å². The van der Waals surface area contributed by atoms with Gasteiger partial charge in [0.2, 0.25) is 0 Å². The highest BCUT2D eigenvalue weighted by Gasteiger charge is 2.05. The Kier molecular flexibility index (Phi) is 22.5. The van der Waals surface area contributed by atoms with Crippen molar-refractivity contribution in [3.63, 3.8) is 0 Å². The van der Waals surface area contributed by atoms with Crippen LogP contribution >= 0.6 is 23.5 Å². The lowest BCUT2D eigenvalue weighted by Crippen LogP contribution is -2.32. The predicted molar refractivity (Wildman–Crippen MR) is 158 cm³/mol. The monoisotopic (exact) mass is 535 g/mol. The second-order valence-corrected chi connectivity index (χ2v) is 12.5. The number of hydrogen-bond acceptors (Lipinski definition) is 9. The van der Waals surface area contributed by atoms with Crippen molar-refractivity contribution in [2.75, 3.05) is 150 Å². The first-order valence-corrected chi connectivity index (χ1v) is 16.0. The summed E-state index contributed by atoms with van der Waals surface area (Å²) in [5, 5.41) is 0. The molecule has 0 aromatic rings. The molecule has 0 atom stereocenters. The van der Waals surface area contributed by atoms with E-state index in [4.69, 9.17) is 9.47 Å². The van der Waals surface area contributed by atoms with Crippen molar-refractivity contribution >= 4 is 23.5 Å². The van der Waals surface area contributed by atoms with Crippen LogP contribution in [0, 0.1) is 0 Å². The Labute approximate surface area is 226 Å². The number of ether oxygens (including phenoxy) is 2. The SMILES string of the molecule is CN1CCCC1.CN1CCCOCC1.CN1CCOCC1.CN1CCSCC1.CN1CCSCC1. The van der Waals surface area contributed by atoms with Crippen molar-refractivity contribution in [1.29, 1.82) is 0 Å². The molecule has 5 heterocycles. The van der Waals surface area contributed by atoms with Gasteiger partial charge in [-0.3, -0.25) is 0 Å². The smallest absolute Gasteiger partial charge is 0.0594 e. The van der Waals surface area contributed by atoms with E-state index in [2.05, 4.69) is 83.3 Å². The van der Waals surface area contributed by atoms with Gasteiger partial charge in [0, 0.05) is 82.0 Å². The molecule has 0 spiro atoms. The summed E-state index contributed by atoms with van der Waals surface area (Å²) < 4.78 is 10.3. The van der Waals surface area contributed by atoms with Gasteiger partial charge in [-0.2, -0.15) is 23.5 Å². The second-order valence-electron chi connectivity index (χ2n) is 10.0. The van der Waals surface area contributed by atoms with Gasteiger partial charge in [0.05, 0.1) is 19.8 Å². The zero-order valence-corrected chi connectivity index (χ0v) is 25.4. The summed E-state index contributed by atoms with van der Waals surface area (Å²) in [7, 11) is 10.8. The molecule has 0 aliphatic carbocycles. The first-order valence-electron chi connectivity index (χ1n) is 13.7. The zero-order chi connectivity index (χ0) is 25.6. The van der Waals surface area contributed by atoms with E-state index in [-0.39, 0.29) is 0 Å². The first kappa shape index (κ1) is 33.4. The molecular weight excluding hydrogens is 478 g/mol. The highest BCUT2D eigenvalue weighted by Crippen LogP contribution is 2.06. The highest BCUT2D eigenvalue weighted by atomic mass is 32.2. The molecule has 5 aliphatic heterocycles. The topological polar surface area (TPSA) is 34.7 Å². The zero-order valence-electron chi connectivity index (χ0n) is 23.7. The van der Waals surface area contributed by atoms with Gasteiger partial charge in [0.15, 0.2) is 0 Å². The van der Waals surface area contributed by atoms with E-state index in [0.717, 1.165) is 46.1 Å². The van der Waals surface area contributed by atoms with Crippen molar-refractivity contribution in [1.82, 2.24) is 24.5 Å². The minimum Gasteiger partial charge on any atom is -0.380 e. The van der Waals surface area contributed by atoms with Crippen LogP contribution in [0.1, 0.15) is 19.3 Å². The maximum Gasteiger partial charge on any atom is 0.0594 e. The number of likely N-dealkylation sites (N-methyl/N-ethyl adjacent to an activating group) is 2. The standard InChI is InChI=1S/C6H13NO.C5H11NO.2C5H11NS.C5H11N/c1-7-3-2-5-8-6-4-7;3*1-6-2-4-7-5-3-6;1-6-4-2-3-5-6/h2-6H2,1H3;3*2-5H2,1H3;2-5H2,1H3. The molecule has 0 radical (unpaired) electrons. The summed E-state index contributed by atoms with van der Waals surface area (Å²) in [6.07, 6.45) is 4.02. The van der Waals surface area contributed by atoms with Gasteiger partial charge < -0.3 is 34.0 Å². The molecule has 0 N–H and O–H groups in total. The average molecular weight is 536 g/mol. The van der Waals surface area contributed by atoms with Crippen LogP contribution in [-0.4, -0.2) is 175 Å². The minimum atomic E-state index is 0.913. The van der Waals surface area contributed by atoms with Gasteiger partial charge in [0.1, 0.15) is 0 Å². The lowest BCUT2D eigenvalue weighted by Gasteiger charge is -2.21. The fourth-order valence-corrected chi connectivity index (χ4v) is 5.88. The summed E-state index contributed by atoms with van der Waals surface area (Å²) in [4.78, 5) is 11.7. The van der Waals surface area contributed by atoms with Crippen LogP contribution in [0.4, 0.5) is 0 Å². The van der Waals surface area contributed by atoms with E-state index in [9.17, 15) is 0 Å². The lowest BCUT2D eigenvalue weighted by atomic mass is 10.4. The van der Waals surface area contributed by atoms with Gasteiger partial charge in [-0.25, -0.2) is 0 Å². The summed E-state index contributed by atoms with van der Waals surface area (Å²) in [5.74, 6) is 5.32. The van der Waals surface area contributed by atoms with Crippen LogP contribution in [0.25, 0.3) is 0 Å². The molecule has 0 bridgehead atoms. The molecule has 5 saturated heterocycles. The van der Waals surface area contributed by atoms with E-state index < -0.39 is 0 Å². The fraction of sp³-hybridized carbons (Fsp3) is 1.00. The van der Waals surface area contributed by atoms with E-state index in [1.54, 1.807) is 0 Å². The Morgan fingerprint density at radius 2 is 0.686 bits per heavy atom. The third-order valence-corrected chi connectivity index (χ3v) is 8.36. The van der Waals surface area contributed by atoms with E-state index in [0.29, 0.717) is 0 Å². The lowest BCUT2D eigenvalue weighted by molar-refractivity contribution is 0.0503. The molecule has 7 nitrogen and oxygen atoms in total. The third kappa shape index (κ3) is 22.1. The quantitative estimate of drug-likeness (QED) is 0.464. The first-order chi connectivity index (χ1) is 17.0. The molecule has 9 heteroatoms. The van der Waals surface area contributed by atoms with Crippen molar-refractivity contribution in [3.05, 3.63) is 0 Å². The number of nitrogens with zero attached hydrogens (tertiary/aromatic N) is 5. The van der Waals surface area contributed by atoms with Crippen LogP contribution in [0.15, 0.2) is 0 Å². The summed E-state index contributed by atoms with van der Waals surface area (Å²) in [6, 6.07) is 0. The Morgan fingerprint density at radius 1 is 0.371 bits per heavy atom. The Balaban J connectivity index is 0.000000219. The van der Waals surface area contributed by atoms with E-state index in [1.807, 2.05) is 0 Å². The molecule has 0 amide bonds. The Hall–Kier alpha value is 0.420. The summed E-state index contributed by atoms with van der Waals surface area (Å²) >= 11 is 4.11. The molecule has 35 heavy (non-hydrogen) atoms. The van der Waals surface area contributed by atoms with Crippen LogP contribution < -0.4 is 0 Å². The Morgan fingerprint density at radius 3 is 1.00 bits per heavy atom. The van der Waals surface area contributed by atoms with Crippen molar-refractivity contribution in [2.24, 2.45) is 0 Å². The van der Waals surface area contributed by atoms with Crippen molar-refractivity contribution in [3.8, 4) is 0 Å². The molecule has 5 fully saturated rings. The fourth-order valence-electron chi connectivity index (χ4n) is 3.71. The number of likely N-dealkylation sites (tertiary alicyclic amines) is 1. The number of hydrogen-bond donors (Lipinski definition) is 0. The van der Waals surface area contributed by atoms with Crippen LogP contribution in [0.2, 0.25) is 0 Å². The second kappa shape index (κ2) is 23.5. The summed E-state index contributed by atoms with van der Waals surface area (Å²) in [6.45, 7) is 15.9. The van der Waals surface area contributed by atoms with Gasteiger partial charge in [-0.1, -0.05) is 0 Å². The van der Waals surface area contributed by atoms with Crippen molar-refractivity contribution < 1.29 is 9.47 Å². The van der Waals surface area contributed by atoms with Crippen LogP contribution in [0.3, 0.4) is 0 Å². The molecule has 210 valence electrons. The van der Waals surface area contributed by atoms with Crippen LogP contribution in [-0.2, 0) is 9.47 Å². The van der Waals surface area contributed by atoms with Gasteiger partial charge in [-0.05, 0) is 67.6 Å². The highest BCUT2D eigenvalue weighted by molar-refractivity contribution is 7.99. The normalized spacial score (nSPS) is 25.3.